The van der Waals surface area contributed by atoms with Crippen molar-refractivity contribution in [2.75, 3.05) is 11.5 Å². The Morgan fingerprint density at radius 2 is 2.36 bits per heavy atom. The fourth-order valence-corrected chi connectivity index (χ4v) is 2.00. The van der Waals surface area contributed by atoms with Gasteiger partial charge in [-0.15, -0.1) is 0 Å². The number of thioether (sulfide) groups is 1. The average Bonchev–Trinajstić information content (AvgIpc) is 2.50. The Kier molecular flexibility index (Phi) is 4.44. The van der Waals surface area contributed by atoms with Crippen LogP contribution in [0.25, 0.3) is 0 Å². The molecule has 11 heavy (non-hydrogen) atoms. The SMILES string of the molecule is CCCSCCC1=CCC=C1. The van der Waals surface area contributed by atoms with E-state index in [1.165, 1.54) is 29.9 Å². The summed E-state index contributed by atoms with van der Waals surface area (Å²) < 4.78 is 0. The number of rotatable bonds is 5. The third-order valence-electron chi connectivity index (χ3n) is 1.73. The molecule has 0 saturated carbocycles. The second-order valence-corrected chi connectivity index (χ2v) is 4.00. The molecule has 1 aliphatic rings. The van der Waals surface area contributed by atoms with E-state index in [1.807, 2.05) is 0 Å². The smallest absolute Gasteiger partial charge is 0.00271 e. The zero-order valence-corrected chi connectivity index (χ0v) is 7.99. The maximum absolute atomic E-state index is 2.33. The van der Waals surface area contributed by atoms with Crippen LogP contribution in [0.5, 0.6) is 0 Å². The van der Waals surface area contributed by atoms with Crippen LogP contribution in [0.1, 0.15) is 26.2 Å². The molecule has 0 aromatic heterocycles. The van der Waals surface area contributed by atoms with E-state index in [2.05, 4.69) is 36.9 Å². The third-order valence-corrected chi connectivity index (χ3v) is 2.92. The molecule has 0 amide bonds. The van der Waals surface area contributed by atoms with Crippen LogP contribution in [-0.4, -0.2) is 11.5 Å². The van der Waals surface area contributed by atoms with Crippen molar-refractivity contribution in [3.05, 3.63) is 23.8 Å². The maximum Gasteiger partial charge on any atom is -0.00271 e. The molecule has 0 aromatic rings. The van der Waals surface area contributed by atoms with Crippen molar-refractivity contribution in [3.8, 4) is 0 Å². The van der Waals surface area contributed by atoms with Gasteiger partial charge in [0.25, 0.3) is 0 Å². The van der Waals surface area contributed by atoms with E-state index in [9.17, 15) is 0 Å². The van der Waals surface area contributed by atoms with E-state index in [1.54, 1.807) is 0 Å². The van der Waals surface area contributed by atoms with Gasteiger partial charge < -0.3 is 0 Å². The van der Waals surface area contributed by atoms with Gasteiger partial charge in [-0.3, -0.25) is 0 Å². The normalized spacial score (nSPS) is 15.5. The predicted molar refractivity (Wildman–Crippen MR) is 54.1 cm³/mol. The molecule has 1 rings (SSSR count). The lowest BCUT2D eigenvalue weighted by Crippen LogP contribution is -1.83. The minimum Gasteiger partial charge on any atom is -0.162 e. The van der Waals surface area contributed by atoms with Crippen LogP contribution in [0.2, 0.25) is 0 Å². The number of hydrogen-bond donors (Lipinski definition) is 0. The molecule has 0 N–H and O–H groups in total. The second kappa shape index (κ2) is 5.48. The van der Waals surface area contributed by atoms with Gasteiger partial charge in [0, 0.05) is 0 Å². The Bertz CT molecular complexity index is 156. The first-order valence-corrected chi connectivity index (χ1v) is 5.52. The van der Waals surface area contributed by atoms with Crippen LogP contribution in [0, 0.1) is 0 Å². The third kappa shape index (κ3) is 3.66. The number of hydrogen-bond acceptors (Lipinski definition) is 1. The molecule has 0 heterocycles. The van der Waals surface area contributed by atoms with E-state index < -0.39 is 0 Å². The molecule has 62 valence electrons. The zero-order valence-electron chi connectivity index (χ0n) is 7.18. The fraction of sp³-hybridized carbons (Fsp3) is 0.600. The predicted octanol–water partition coefficient (Wildman–Crippen LogP) is 3.41. The Morgan fingerprint density at radius 3 is 3.00 bits per heavy atom. The molecule has 1 aliphatic carbocycles. The van der Waals surface area contributed by atoms with Crippen LogP contribution in [0.3, 0.4) is 0 Å². The highest BCUT2D eigenvalue weighted by atomic mass is 32.2. The molecule has 0 saturated heterocycles. The van der Waals surface area contributed by atoms with Gasteiger partial charge in [0.15, 0.2) is 0 Å². The maximum atomic E-state index is 2.33. The van der Waals surface area contributed by atoms with Gasteiger partial charge in [-0.25, -0.2) is 0 Å². The van der Waals surface area contributed by atoms with Gasteiger partial charge in [0.2, 0.25) is 0 Å². The molecule has 0 nitrogen and oxygen atoms in total. The van der Waals surface area contributed by atoms with E-state index in [0.717, 1.165) is 6.42 Å². The highest BCUT2D eigenvalue weighted by Gasteiger charge is 1.96. The van der Waals surface area contributed by atoms with Crippen molar-refractivity contribution in [2.45, 2.75) is 26.2 Å². The van der Waals surface area contributed by atoms with Gasteiger partial charge in [-0.1, -0.05) is 30.7 Å². The monoisotopic (exact) mass is 168 g/mol. The van der Waals surface area contributed by atoms with Crippen molar-refractivity contribution >= 4 is 11.8 Å². The molecule has 0 aromatic carbocycles. The lowest BCUT2D eigenvalue weighted by Gasteiger charge is -1.98. The summed E-state index contributed by atoms with van der Waals surface area (Å²) in [7, 11) is 0. The first kappa shape index (κ1) is 8.92. The second-order valence-electron chi connectivity index (χ2n) is 2.78. The lowest BCUT2D eigenvalue weighted by atomic mass is 10.2. The minimum atomic E-state index is 1.16. The summed E-state index contributed by atoms with van der Waals surface area (Å²) in [6.07, 6.45) is 10.5. The lowest BCUT2D eigenvalue weighted by molar-refractivity contribution is 1.09. The molecular formula is C10H16S. The summed E-state index contributed by atoms with van der Waals surface area (Å²) >= 11 is 2.07. The highest BCUT2D eigenvalue weighted by Crippen LogP contribution is 2.15. The van der Waals surface area contributed by atoms with Crippen molar-refractivity contribution < 1.29 is 0 Å². The van der Waals surface area contributed by atoms with E-state index >= 15 is 0 Å². The minimum absolute atomic E-state index is 1.16. The first-order valence-electron chi connectivity index (χ1n) is 4.37. The van der Waals surface area contributed by atoms with Crippen LogP contribution < -0.4 is 0 Å². The summed E-state index contributed by atoms with van der Waals surface area (Å²) in [5, 5.41) is 0. The van der Waals surface area contributed by atoms with E-state index in [4.69, 9.17) is 0 Å². The van der Waals surface area contributed by atoms with Gasteiger partial charge in [0.1, 0.15) is 0 Å². The molecule has 0 radical (unpaired) electrons. The van der Waals surface area contributed by atoms with Crippen molar-refractivity contribution in [1.29, 1.82) is 0 Å². The molecular weight excluding hydrogens is 152 g/mol. The molecule has 0 spiro atoms. The fourth-order valence-electron chi connectivity index (χ4n) is 1.13. The van der Waals surface area contributed by atoms with Crippen LogP contribution in [0.15, 0.2) is 23.8 Å². The summed E-state index contributed by atoms with van der Waals surface area (Å²) in [6.45, 7) is 2.24. The molecule has 0 atom stereocenters. The average molecular weight is 168 g/mol. The zero-order chi connectivity index (χ0) is 7.94. The Balaban J connectivity index is 1.99. The quantitative estimate of drug-likeness (QED) is 0.567. The van der Waals surface area contributed by atoms with Crippen molar-refractivity contribution in [3.63, 3.8) is 0 Å². The molecule has 1 heteroatoms. The van der Waals surface area contributed by atoms with Crippen molar-refractivity contribution in [2.24, 2.45) is 0 Å². The Hall–Kier alpha value is -0.170. The highest BCUT2D eigenvalue weighted by molar-refractivity contribution is 7.99. The van der Waals surface area contributed by atoms with Gasteiger partial charge in [-0.2, -0.15) is 11.8 Å². The van der Waals surface area contributed by atoms with Crippen LogP contribution in [0.4, 0.5) is 0 Å². The van der Waals surface area contributed by atoms with Gasteiger partial charge in [0.05, 0.1) is 0 Å². The molecule has 0 aliphatic heterocycles. The van der Waals surface area contributed by atoms with Crippen LogP contribution in [-0.2, 0) is 0 Å². The first-order chi connectivity index (χ1) is 5.43. The molecule has 0 bridgehead atoms. The Labute approximate surface area is 73.8 Å². The van der Waals surface area contributed by atoms with E-state index in [0.29, 0.717) is 0 Å². The van der Waals surface area contributed by atoms with Crippen LogP contribution >= 0.6 is 11.8 Å². The number of allylic oxidation sites excluding steroid dienone is 4. The summed E-state index contributed by atoms with van der Waals surface area (Å²) in [5.41, 5.74) is 1.54. The van der Waals surface area contributed by atoms with E-state index in [-0.39, 0.29) is 0 Å². The summed E-state index contributed by atoms with van der Waals surface area (Å²) in [5.74, 6) is 2.61. The van der Waals surface area contributed by atoms with Gasteiger partial charge >= 0.3 is 0 Å². The largest absolute Gasteiger partial charge is 0.162 e. The summed E-state index contributed by atoms with van der Waals surface area (Å²) in [4.78, 5) is 0. The summed E-state index contributed by atoms with van der Waals surface area (Å²) in [6, 6.07) is 0. The standard InChI is InChI=1S/C10H16S/c1-2-8-11-9-7-10-5-3-4-6-10/h3,5-6H,2,4,7-9H2,1H3. The van der Waals surface area contributed by atoms with Gasteiger partial charge in [-0.05, 0) is 30.8 Å². The topological polar surface area (TPSA) is 0 Å². The molecule has 0 unspecified atom stereocenters. The van der Waals surface area contributed by atoms with Crippen molar-refractivity contribution in [1.82, 2.24) is 0 Å². The Morgan fingerprint density at radius 1 is 1.45 bits per heavy atom. The molecule has 0 fully saturated rings.